The third-order valence-corrected chi connectivity index (χ3v) is 2.09. The molecule has 0 saturated heterocycles. The number of aromatic amines is 1. The van der Waals surface area contributed by atoms with Crippen molar-refractivity contribution in [1.82, 2.24) is 25.9 Å². The Labute approximate surface area is 84.0 Å². The molecule has 0 aliphatic rings. The Balaban J connectivity index is 2.19. The minimum absolute atomic E-state index is 0.0535. The number of carbonyl (C=O) groups excluding carboxylic acids is 2. The van der Waals surface area contributed by atoms with Gasteiger partial charge in [0.15, 0.2) is 0 Å². The van der Waals surface area contributed by atoms with Crippen molar-refractivity contribution in [3.8, 4) is 0 Å². The van der Waals surface area contributed by atoms with Gasteiger partial charge in [0.1, 0.15) is 0 Å². The van der Waals surface area contributed by atoms with Gasteiger partial charge in [-0.05, 0) is 5.21 Å². The van der Waals surface area contributed by atoms with Gasteiger partial charge in [-0.25, -0.2) is 0 Å². The van der Waals surface area contributed by atoms with Crippen LogP contribution in [0.1, 0.15) is 17.5 Å². The van der Waals surface area contributed by atoms with Crippen LogP contribution in [0, 0.1) is 0 Å². The van der Waals surface area contributed by atoms with Crippen LogP contribution in [0.2, 0.25) is 0 Å². The number of aromatic nitrogens is 4. The summed E-state index contributed by atoms with van der Waals surface area (Å²) in [6.07, 6.45) is 0. The van der Waals surface area contributed by atoms with Crippen LogP contribution < -0.4 is 5.32 Å². The van der Waals surface area contributed by atoms with Gasteiger partial charge < -0.3 is 5.32 Å². The molecule has 7 nitrogen and oxygen atoms in total. The largest absolute Gasteiger partial charge is 0.356 e. The van der Waals surface area contributed by atoms with Crippen LogP contribution in [-0.4, -0.2) is 43.9 Å². The van der Waals surface area contributed by atoms with Crippen LogP contribution in [0.25, 0.3) is 0 Å². The van der Waals surface area contributed by atoms with Crippen molar-refractivity contribution < 1.29 is 9.59 Å². The number of hydrogen-bond donors (Lipinski definition) is 2. The number of carbonyl (C=O) groups is 2. The van der Waals surface area contributed by atoms with Crippen LogP contribution in [-0.2, 0) is 4.79 Å². The van der Waals surface area contributed by atoms with E-state index in [9.17, 15) is 9.59 Å². The minimum Gasteiger partial charge on any atom is -0.356 e. The molecule has 8 heteroatoms. The van der Waals surface area contributed by atoms with E-state index < -0.39 is 0 Å². The summed E-state index contributed by atoms with van der Waals surface area (Å²) in [5.74, 6) is 0.433. The molecule has 1 amide bonds. The Bertz CT molecular complexity index is 312. The van der Waals surface area contributed by atoms with Gasteiger partial charge in [0.2, 0.25) is 5.91 Å². The zero-order valence-electron chi connectivity index (χ0n) is 7.48. The smallest absolute Gasteiger partial charge is 0.260 e. The highest BCUT2D eigenvalue weighted by atomic mass is 32.2. The Hall–Kier alpha value is -1.44. The van der Waals surface area contributed by atoms with Gasteiger partial charge in [0.05, 0.1) is 0 Å². The van der Waals surface area contributed by atoms with Crippen molar-refractivity contribution in [2.75, 3.05) is 12.3 Å². The SMILES string of the molecule is CC(=O)NCCSC(=O)c1nn[nH]n1. The Morgan fingerprint density at radius 1 is 1.57 bits per heavy atom. The normalized spacial score (nSPS) is 9.79. The summed E-state index contributed by atoms with van der Waals surface area (Å²) in [6, 6.07) is 0. The second-order valence-electron chi connectivity index (χ2n) is 2.35. The van der Waals surface area contributed by atoms with Crippen LogP contribution in [0.15, 0.2) is 0 Å². The number of nitrogens with zero attached hydrogens (tertiary/aromatic N) is 3. The summed E-state index contributed by atoms with van der Waals surface area (Å²) in [6.45, 7) is 1.87. The fourth-order valence-corrected chi connectivity index (χ4v) is 1.29. The number of amides is 1. The second-order valence-corrected chi connectivity index (χ2v) is 3.42. The fraction of sp³-hybridized carbons (Fsp3) is 0.500. The summed E-state index contributed by atoms with van der Waals surface area (Å²) in [5, 5.41) is 14.8. The van der Waals surface area contributed by atoms with Crippen molar-refractivity contribution in [2.24, 2.45) is 0 Å². The number of nitrogens with one attached hydrogen (secondary N) is 2. The average molecular weight is 215 g/mol. The molecule has 2 N–H and O–H groups in total. The maximum absolute atomic E-state index is 11.2. The maximum atomic E-state index is 11.2. The average Bonchev–Trinajstić information content (AvgIpc) is 2.64. The van der Waals surface area contributed by atoms with E-state index in [1.54, 1.807) is 0 Å². The molecule has 0 saturated carbocycles. The molecule has 0 spiro atoms. The van der Waals surface area contributed by atoms with Crippen LogP contribution in [0.3, 0.4) is 0 Å². The molecule has 1 rings (SSSR count). The Morgan fingerprint density at radius 3 is 2.93 bits per heavy atom. The first-order valence-electron chi connectivity index (χ1n) is 3.85. The lowest BCUT2D eigenvalue weighted by Crippen LogP contribution is -2.22. The maximum Gasteiger partial charge on any atom is 0.260 e. The zero-order chi connectivity index (χ0) is 10.4. The lowest BCUT2D eigenvalue weighted by atomic mass is 10.6. The zero-order valence-corrected chi connectivity index (χ0v) is 8.30. The van der Waals surface area contributed by atoms with Crippen molar-refractivity contribution in [1.29, 1.82) is 0 Å². The molecule has 0 radical (unpaired) electrons. The summed E-state index contributed by atoms with van der Waals surface area (Å²) in [5.41, 5.74) is 0. The van der Waals surface area contributed by atoms with Gasteiger partial charge in [-0.15, -0.1) is 10.2 Å². The lowest BCUT2D eigenvalue weighted by Gasteiger charge is -1.98. The Morgan fingerprint density at radius 2 is 2.36 bits per heavy atom. The fourth-order valence-electron chi connectivity index (χ4n) is 0.684. The first kappa shape index (κ1) is 10.6. The third kappa shape index (κ3) is 3.52. The van der Waals surface area contributed by atoms with E-state index in [0.717, 1.165) is 11.8 Å². The predicted molar refractivity (Wildman–Crippen MR) is 49.6 cm³/mol. The highest BCUT2D eigenvalue weighted by molar-refractivity contribution is 8.14. The molecule has 0 bridgehead atoms. The van der Waals surface area contributed by atoms with Gasteiger partial charge in [-0.3, -0.25) is 9.59 Å². The number of thioether (sulfide) groups is 1. The number of hydrogen-bond acceptors (Lipinski definition) is 6. The molecule has 0 fully saturated rings. The van der Waals surface area contributed by atoms with Crippen molar-refractivity contribution in [2.45, 2.75) is 6.92 Å². The molecule has 0 atom stereocenters. The van der Waals surface area contributed by atoms with Gasteiger partial charge in [-0.2, -0.15) is 5.21 Å². The summed E-state index contributed by atoms with van der Waals surface area (Å²) < 4.78 is 0. The van der Waals surface area contributed by atoms with E-state index in [-0.39, 0.29) is 16.8 Å². The van der Waals surface area contributed by atoms with Gasteiger partial charge in [-0.1, -0.05) is 11.8 Å². The van der Waals surface area contributed by atoms with E-state index in [2.05, 4.69) is 25.9 Å². The number of tetrazole rings is 1. The van der Waals surface area contributed by atoms with Gasteiger partial charge >= 0.3 is 0 Å². The molecule has 0 aromatic carbocycles. The standard InChI is InChI=1S/C6H9N5O2S/c1-4(12)7-2-3-14-6(13)5-8-10-11-9-5/h2-3H2,1H3,(H,7,12)(H,8,9,10,11). The van der Waals surface area contributed by atoms with Crippen LogP contribution in [0.4, 0.5) is 0 Å². The molecule has 1 aromatic rings. The molecule has 14 heavy (non-hydrogen) atoms. The van der Waals surface area contributed by atoms with E-state index in [0.29, 0.717) is 12.3 Å². The summed E-state index contributed by atoms with van der Waals surface area (Å²) in [4.78, 5) is 21.7. The third-order valence-electron chi connectivity index (χ3n) is 1.24. The van der Waals surface area contributed by atoms with Gasteiger partial charge in [0, 0.05) is 19.2 Å². The molecule has 0 aliphatic heterocycles. The van der Waals surface area contributed by atoms with E-state index >= 15 is 0 Å². The van der Waals surface area contributed by atoms with Crippen molar-refractivity contribution >= 4 is 22.8 Å². The lowest BCUT2D eigenvalue weighted by molar-refractivity contribution is -0.118. The monoisotopic (exact) mass is 215 g/mol. The number of rotatable bonds is 4. The molecule has 76 valence electrons. The first-order valence-corrected chi connectivity index (χ1v) is 4.83. The molecular formula is C6H9N5O2S. The second kappa shape index (κ2) is 5.32. The van der Waals surface area contributed by atoms with Crippen LogP contribution in [0.5, 0.6) is 0 Å². The topological polar surface area (TPSA) is 101 Å². The van der Waals surface area contributed by atoms with E-state index in [4.69, 9.17) is 0 Å². The van der Waals surface area contributed by atoms with E-state index in [1.165, 1.54) is 6.92 Å². The predicted octanol–water partition coefficient (Wildman–Crippen LogP) is -0.791. The highest BCUT2D eigenvalue weighted by Crippen LogP contribution is 2.05. The van der Waals surface area contributed by atoms with Crippen LogP contribution >= 0.6 is 11.8 Å². The Kier molecular flexibility index (Phi) is 4.05. The van der Waals surface area contributed by atoms with E-state index in [1.807, 2.05) is 0 Å². The van der Waals surface area contributed by atoms with Crippen molar-refractivity contribution in [3.05, 3.63) is 5.82 Å². The minimum atomic E-state index is -0.260. The molecule has 1 aromatic heterocycles. The quantitative estimate of drug-likeness (QED) is 0.638. The molecule has 1 heterocycles. The molecular weight excluding hydrogens is 206 g/mol. The summed E-state index contributed by atoms with van der Waals surface area (Å²) >= 11 is 1.04. The van der Waals surface area contributed by atoms with Crippen molar-refractivity contribution in [3.63, 3.8) is 0 Å². The molecule has 0 unspecified atom stereocenters. The summed E-state index contributed by atoms with van der Waals surface area (Å²) in [7, 11) is 0. The molecule has 0 aliphatic carbocycles. The number of H-pyrrole nitrogens is 1. The highest BCUT2D eigenvalue weighted by Gasteiger charge is 2.10. The van der Waals surface area contributed by atoms with Gasteiger partial charge in [0.25, 0.3) is 10.9 Å². The first-order chi connectivity index (χ1) is 6.70.